The van der Waals surface area contributed by atoms with E-state index < -0.39 is 11.7 Å². The van der Waals surface area contributed by atoms with Crippen LogP contribution in [0.15, 0.2) is 36.7 Å². The number of hydrogen-bond donors (Lipinski definition) is 1. The third-order valence-corrected chi connectivity index (χ3v) is 6.18. The maximum atomic E-state index is 14.4. The lowest BCUT2D eigenvalue weighted by Gasteiger charge is -2.30. The molecule has 0 radical (unpaired) electrons. The van der Waals surface area contributed by atoms with Gasteiger partial charge in [-0.15, -0.1) is 0 Å². The summed E-state index contributed by atoms with van der Waals surface area (Å²) in [7, 11) is 1.36. The smallest absolute Gasteiger partial charge is 0.240 e. The monoisotopic (exact) mass is 474 g/mol. The Balaban J connectivity index is 1.61. The molecule has 9 nitrogen and oxygen atoms in total. The molecule has 0 saturated carbocycles. The molecule has 10 heteroatoms. The molecule has 0 bridgehead atoms. The number of nitrogens with one attached hydrogen (secondary N) is 1. The second-order valence-corrected chi connectivity index (χ2v) is 8.50. The Labute approximate surface area is 200 Å². The number of halogens is 1. The zero-order chi connectivity index (χ0) is 24.5. The van der Waals surface area contributed by atoms with Gasteiger partial charge in [-0.05, 0) is 44.0 Å². The predicted molar refractivity (Wildman–Crippen MR) is 127 cm³/mol. The molecule has 1 aliphatic rings. The summed E-state index contributed by atoms with van der Waals surface area (Å²) in [6.07, 6.45) is 4.38. The van der Waals surface area contributed by atoms with Crippen LogP contribution in [-0.2, 0) is 16.0 Å². The predicted octanol–water partition coefficient (Wildman–Crippen LogP) is 3.92. The largest absolute Gasteiger partial charge is 0.479 e. The average Bonchev–Trinajstić information content (AvgIpc) is 3.23. The van der Waals surface area contributed by atoms with Gasteiger partial charge >= 0.3 is 0 Å². The van der Waals surface area contributed by atoms with E-state index >= 15 is 0 Å². The van der Waals surface area contributed by atoms with Crippen LogP contribution in [0.1, 0.15) is 37.2 Å². The fourth-order valence-corrected chi connectivity index (χ4v) is 4.64. The molecule has 1 amide bonds. The number of nitrogens with zero attached hydrogens (tertiary/aromatic N) is 5. The van der Waals surface area contributed by atoms with Crippen molar-refractivity contribution < 1.29 is 18.7 Å². The van der Waals surface area contributed by atoms with Gasteiger partial charge in [0.05, 0.1) is 48.5 Å². The number of carbonyl (C=O) groups is 1. The molecule has 1 saturated heterocycles. The summed E-state index contributed by atoms with van der Waals surface area (Å²) in [5.74, 6) is -0.584. The highest BCUT2D eigenvalue weighted by Crippen LogP contribution is 2.34. The number of anilines is 1. The summed E-state index contributed by atoms with van der Waals surface area (Å²) in [5.41, 5.74) is 2.57. The van der Waals surface area contributed by atoms with Crippen molar-refractivity contribution in [2.45, 2.75) is 38.3 Å². The molecule has 0 aliphatic carbocycles. The molecule has 1 N–H and O–H groups in total. The van der Waals surface area contributed by atoms with Crippen LogP contribution >= 0.6 is 0 Å². The van der Waals surface area contributed by atoms with Crippen LogP contribution in [0.5, 0.6) is 5.88 Å². The fraction of sp³-hybridized carbons (Fsp3) is 0.320. The highest BCUT2D eigenvalue weighted by Gasteiger charge is 2.27. The Morgan fingerprint density at radius 1 is 1.34 bits per heavy atom. The molecule has 35 heavy (non-hydrogen) atoms. The van der Waals surface area contributed by atoms with Gasteiger partial charge in [0.2, 0.25) is 11.8 Å². The minimum absolute atomic E-state index is 0.00988. The summed E-state index contributed by atoms with van der Waals surface area (Å²) in [4.78, 5) is 26.2. The average molecular weight is 474 g/mol. The zero-order valence-electron chi connectivity index (χ0n) is 19.3. The summed E-state index contributed by atoms with van der Waals surface area (Å²) >= 11 is 0. The van der Waals surface area contributed by atoms with E-state index in [1.54, 1.807) is 24.4 Å². The number of ether oxygens (including phenoxy) is 2. The first-order valence-electron chi connectivity index (χ1n) is 11.3. The van der Waals surface area contributed by atoms with Gasteiger partial charge in [0, 0.05) is 24.2 Å². The molecule has 3 aromatic heterocycles. The number of fused-ring (bicyclic) bond motifs is 3. The van der Waals surface area contributed by atoms with Crippen molar-refractivity contribution in [1.82, 2.24) is 19.5 Å². The van der Waals surface area contributed by atoms with Crippen molar-refractivity contribution in [3.63, 3.8) is 0 Å². The normalized spacial score (nSPS) is 17.9. The number of hydrogen-bond acceptors (Lipinski definition) is 7. The Bertz CT molecular complexity index is 1480. The maximum absolute atomic E-state index is 14.4. The molecular formula is C25H23FN6O3. The van der Waals surface area contributed by atoms with Crippen molar-refractivity contribution >= 4 is 33.5 Å². The standard InChI is InChI=1S/C25H23FN6O3/c1-14-9-16(6-8-35-14)32-21(11-22(33)31-23-18(26)5-7-28-25(23)34-2)30-20-13-29-19-4-3-15(12-27)10-17(19)24(20)32/h3-5,7,10,13-14,16H,6,8-9,11H2,1-2H3,(H,31,33)/t14-,16-/m1/s1. The Kier molecular flexibility index (Phi) is 6.01. The van der Waals surface area contributed by atoms with Crippen molar-refractivity contribution in [2.75, 3.05) is 19.0 Å². The minimum atomic E-state index is -0.642. The second-order valence-electron chi connectivity index (χ2n) is 8.50. The van der Waals surface area contributed by atoms with E-state index in [-0.39, 0.29) is 30.1 Å². The van der Waals surface area contributed by atoms with Gasteiger partial charge in [0.25, 0.3) is 0 Å². The van der Waals surface area contributed by atoms with E-state index in [4.69, 9.17) is 14.5 Å². The number of benzene rings is 1. The second kappa shape index (κ2) is 9.27. The SMILES string of the molecule is COc1nccc(F)c1NC(=O)Cc1nc2cnc3ccc(C#N)cc3c2n1[C@@H]1CCO[C@H](C)C1. The van der Waals surface area contributed by atoms with E-state index in [2.05, 4.69) is 25.9 Å². The van der Waals surface area contributed by atoms with Crippen LogP contribution in [-0.4, -0.2) is 45.2 Å². The molecular weight excluding hydrogens is 451 g/mol. The molecule has 1 aromatic carbocycles. The lowest BCUT2D eigenvalue weighted by molar-refractivity contribution is -0.115. The molecule has 1 aliphatic heterocycles. The van der Waals surface area contributed by atoms with Crippen LogP contribution in [0, 0.1) is 17.1 Å². The van der Waals surface area contributed by atoms with Gasteiger partial charge < -0.3 is 19.4 Å². The number of amides is 1. The minimum Gasteiger partial charge on any atom is -0.479 e. The molecule has 178 valence electrons. The number of aromatic nitrogens is 4. The van der Waals surface area contributed by atoms with Crippen LogP contribution in [0.25, 0.3) is 21.9 Å². The van der Waals surface area contributed by atoms with Gasteiger partial charge in [-0.1, -0.05) is 0 Å². The van der Waals surface area contributed by atoms with E-state index in [1.807, 2.05) is 6.92 Å². The third-order valence-electron chi connectivity index (χ3n) is 6.18. The van der Waals surface area contributed by atoms with Crippen molar-refractivity contribution in [3.8, 4) is 11.9 Å². The van der Waals surface area contributed by atoms with Gasteiger partial charge in [0.1, 0.15) is 17.0 Å². The summed E-state index contributed by atoms with van der Waals surface area (Å²) < 4.78 is 27.3. The highest BCUT2D eigenvalue weighted by atomic mass is 19.1. The molecule has 5 rings (SSSR count). The van der Waals surface area contributed by atoms with E-state index in [1.165, 1.54) is 13.3 Å². The van der Waals surface area contributed by atoms with Crippen LogP contribution in [0.3, 0.4) is 0 Å². The molecule has 1 fully saturated rings. The van der Waals surface area contributed by atoms with E-state index in [9.17, 15) is 14.4 Å². The summed E-state index contributed by atoms with van der Waals surface area (Å²) in [5, 5.41) is 12.8. The molecule has 0 spiro atoms. The zero-order valence-corrected chi connectivity index (χ0v) is 19.3. The lowest BCUT2D eigenvalue weighted by Crippen LogP contribution is -2.28. The topological polar surface area (TPSA) is 115 Å². The number of pyridine rings is 2. The molecule has 4 aromatic rings. The van der Waals surface area contributed by atoms with Gasteiger partial charge in [0.15, 0.2) is 5.82 Å². The van der Waals surface area contributed by atoms with Crippen molar-refractivity contribution in [1.29, 1.82) is 5.26 Å². The molecule has 2 atom stereocenters. The van der Waals surface area contributed by atoms with Gasteiger partial charge in [-0.2, -0.15) is 5.26 Å². The number of imidazole rings is 1. The molecule has 0 unspecified atom stereocenters. The Hall–Kier alpha value is -4.10. The number of rotatable bonds is 5. The number of carbonyl (C=O) groups excluding carboxylic acids is 1. The fourth-order valence-electron chi connectivity index (χ4n) is 4.64. The molecule has 4 heterocycles. The highest BCUT2D eigenvalue weighted by molar-refractivity contribution is 6.03. The first-order chi connectivity index (χ1) is 17.0. The van der Waals surface area contributed by atoms with E-state index in [0.29, 0.717) is 23.5 Å². The lowest BCUT2D eigenvalue weighted by atomic mass is 10.0. The third kappa shape index (κ3) is 4.26. The van der Waals surface area contributed by atoms with Gasteiger partial charge in [-0.25, -0.2) is 14.4 Å². The van der Waals surface area contributed by atoms with E-state index in [0.717, 1.165) is 35.3 Å². The number of nitriles is 1. The van der Waals surface area contributed by atoms with Crippen LogP contribution in [0.4, 0.5) is 10.1 Å². The quantitative estimate of drug-likeness (QED) is 0.466. The van der Waals surface area contributed by atoms with Crippen molar-refractivity contribution in [3.05, 3.63) is 53.9 Å². The van der Waals surface area contributed by atoms with Crippen molar-refractivity contribution in [2.24, 2.45) is 0 Å². The number of methoxy groups -OCH3 is 1. The first-order valence-corrected chi connectivity index (χ1v) is 11.3. The van der Waals surface area contributed by atoms with Crippen LogP contribution in [0.2, 0.25) is 0 Å². The van der Waals surface area contributed by atoms with Crippen LogP contribution < -0.4 is 10.1 Å². The summed E-state index contributed by atoms with van der Waals surface area (Å²) in [6.45, 7) is 2.60. The first kappa shape index (κ1) is 22.7. The Morgan fingerprint density at radius 3 is 2.97 bits per heavy atom. The maximum Gasteiger partial charge on any atom is 0.240 e. The summed E-state index contributed by atoms with van der Waals surface area (Å²) in [6, 6.07) is 8.69. The van der Waals surface area contributed by atoms with Gasteiger partial charge in [-0.3, -0.25) is 9.78 Å². The Morgan fingerprint density at radius 2 is 2.20 bits per heavy atom.